The molecule has 10 nitrogen and oxygen atoms in total. The van der Waals surface area contributed by atoms with Crippen LogP contribution in [0.1, 0.15) is 91.9 Å². The largest absolute Gasteiger partial charge is 0.390 e. The van der Waals surface area contributed by atoms with Crippen LogP contribution in [0.15, 0.2) is 0 Å². The summed E-state index contributed by atoms with van der Waals surface area (Å²) in [7, 11) is 4.93. The number of hydrogen-bond donors (Lipinski definition) is 3. The van der Waals surface area contributed by atoms with E-state index < -0.39 is 42.2 Å². The van der Waals surface area contributed by atoms with Gasteiger partial charge < -0.3 is 20.2 Å². The maximum Gasteiger partial charge on any atom is 0.234 e. The quantitative estimate of drug-likeness (QED) is 0.222. The number of rotatable bonds is 16. The van der Waals surface area contributed by atoms with Crippen molar-refractivity contribution in [1.29, 1.82) is 0 Å². The Kier molecular flexibility index (Phi) is 16.2. The SMILES string of the molecule is CCCN(CCC)C(=O)C1CC(C(=O)NC(CC2CC(F)CC(F)C2)C(O)CN(C)NC(=O)CC(C)C)CC(C(=O)N(C)C)C1. The summed E-state index contributed by atoms with van der Waals surface area (Å²) in [5.74, 6) is -2.67. The Morgan fingerprint density at radius 3 is 1.87 bits per heavy atom. The predicted molar refractivity (Wildman–Crippen MR) is 170 cm³/mol. The summed E-state index contributed by atoms with van der Waals surface area (Å²) in [5.41, 5.74) is 2.73. The van der Waals surface area contributed by atoms with Gasteiger partial charge in [-0.3, -0.25) is 24.6 Å². The summed E-state index contributed by atoms with van der Waals surface area (Å²) < 4.78 is 28.6. The molecular formula is C33H59F2N5O5. The van der Waals surface area contributed by atoms with Gasteiger partial charge >= 0.3 is 0 Å². The molecule has 0 spiro atoms. The zero-order chi connectivity index (χ0) is 33.8. The summed E-state index contributed by atoms with van der Waals surface area (Å²) in [6.45, 7) is 9.05. The lowest BCUT2D eigenvalue weighted by molar-refractivity contribution is -0.143. The molecule has 2 fully saturated rings. The summed E-state index contributed by atoms with van der Waals surface area (Å²) in [6.07, 6.45) is -0.600. The average Bonchev–Trinajstić information content (AvgIpc) is 2.94. The number of hydrazine groups is 1. The van der Waals surface area contributed by atoms with Crippen molar-refractivity contribution < 1.29 is 33.1 Å². The number of nitrogens with zero attached hydrogens (tertiary/aromatic N) is 3. The lowest BCUT2D eigenvalue weighted by atomic mass is 9.73. The van der Waals surface area contributed by atoms with E-state index in [1.165, 1.54) is 9.91 Å². The van der Waals surface area contributed by atoms with Crippen LogP contribution in [0.5, 0.6) is 0 Å². The minimum absolute atomic E-state index is 0.0177. The second-order valence-electron chi connectivity index (χ2n) is 14.1. The Hall–Kier alpha value is -2.34. The first-order valence-corrected chi connectivity index (χ1v) is 16.9. The monoisotopic (exact) mass is 643 g/mol. The third-order valence-electron chi connectivity index (χ3n) is 8.96. The third kappa shape index (κ3) is 12.8. The number of halogens is 2. The van der Waals surface area contributed by atoms with E-state index >= 15 is 0 Å². The Bertz CT molecular complexity index is 954. The summed E-state index contributed by atoms with van der Waals surface area (Å²) in [6, 6.07) is -0.847. The first kappa shape index (κ1) is 38.8. The van der Waals surface area contributed by atoms with Crippen molar-refractivity contribution in [2.75, 3.05) is 40.8 Å². The van der Waals surface area contributed by atoms with Crippen molar-refractivity contribution in [3.05, 3.63) is 0 Å². The molecular weight excluding hydrogens is 584 g/mol. The molecule has 3 N–H and O–H groups in total. The second kappa shape index (κ2) is 18.7. The average molecular weight is 644 g/mol. The predicted octanol–water partition coefficient (Wildman–Crippen LogP) is 3.48. The highest BCUT2D eigenvalue weighted by Gasteiger charge is 2.42. The zero-order valence-corrected chi connectivity index (χ0v) is 28.6. The van der Waals surface area contributed by atoms with E-state index in [1.807, 2.05) is 32.6 Å². The van der Waals surface area contributed by atoms with Crippen LogP contribution < -0.4 is 10.7 Å². The van der Waals surface area contributed by atoms with Gasteiger partial charge in [0.2, 0.25) is 23.6 Å². The summed E-state index contributed by atoms with van der Waals surface area (Å²) >= 11 is 0. The van der Waals surface area contributed by atoms with Gasteiger partial charge in [-0.25, -0.2) is 13.8 Å². The molecule has 0 bridgehead atoms. The summed E-state index contributed by atoms with van der Waals surface area (Å²) in [5, 5.41) is 15.7. The Morgan fingerprint density at radius 1 is 0.822 bits per heavy atom. The Balaban J connectivity index is 2.27. The second-order valence-corrected chi connectivity index (χ2v) is 14.1. The van der Waals surface area contributed by atoms with Crippen molar-refractivity contribution in [2.45, 2.75) is 116 Å². The molecule has 0 radical (unpaired) electrons. The van der Waals surface area contributed by atoms with Crippen molar-refractivity contribution in [3.63, 3.8) is 0 Å². The van der Waals surface area contributed by atoms with Gasteiger partial charge in [-0.2, -0.15) is 0 Å². The van der Waals surface area contributed by atoms with Gasteiger partial charge in [0, 0.05) is 71.4 Å². The molecule has 4 amide bonds. The van der Waals surface area contributed by atoms with Crippen LogP contribution in [0.3, 0.4) is 0 Å². The summed E-state index contributed by atoms with van der Waals surface area (Å²) in [4.78, 5) is 56.2. The van der Waals surface area contributed by atoms with E-state index in [2.05, 4.69) is 10.7 Å². The highest BCUT2D eigenvalue weighted by atomic mass is 19.1. The minimum atomic E-state index is -1.29. The van der Waals surface area contributed by atoms with Crippen LogP contribution >= 0.6 is 0 Å². The number of nitrogens with one attached hydrogen (secondary N) is 2. The molecule has 7 atom stereocenters. The van der Waals surface area contributed by atoms with Gasteiger partial charge in [-0.15, -0.1) is 0 Å². The van der Waals surface area contributed by atoms with E-state index in [1.54, 1.807) is 21.1 Å². The van der Waals surface area contributed by atoms with Crippen LogP contribution in [0.2, 0.25) is 0 Å². The molecule has 45 heavy (non-hydrogen) atoms. The fourth-order valence-electron chi connectivity index (χ4n) is 6.97. The van der Waals surface area contributed by atoms with Gasteiger partial charge in [0.05, 0.1) is 12.1 Å². The lowest BCUT2D eigenvalue weighted by Crippen LogP contribution is -2.54. The van der Waals surface area contributed by atoms with E-state index in [-0.39, 0.29) is 80.5 Å². The van der Waals surface area contributed by atoms with Gasteiger partial charge in [-0.1, -0.05) is 27.7 Å². The number of carbonyl (C=O) groups is 4. The first-order valence-electron chi connectivity index (χ1n) is 16.9. The van der Waals surface area contributed by atoms with Crippen molar-refractivity contribution >= 4 is 23.6 Å². The number of aliphatic hydroxyl groups excluding tert-OH is 1. The van der Waals surface area contributed by atoms with E-state index in [4.69, 9.17) is 0 Å². The van der Waals surface area contributed by atoms with Crippen LogP contribution in [0.25, 0.3) is 0 Å². The van der Waals surface area contributed by atoms with Crippen LogP contribution in [0, 0.1) is 29.6 Å². The molecule has 0 aromatic carbocycles. The fraction of sp³-hybridized carbons (Fsp3) is 0.879. The van der Waals surface area contributed by atoms with Crippen LogP contribution in [-0.2, 0) is 19.2 Å². The highest BCUT2D eigenvalue weighted by molar-refractivity contribution is 5.86. The number of hydrogen-bond acceptors (Lipinski definition) is 6. The van der Waals surface area contributed by atoms with Gasteiger partial charge in [0.25, 0.3) is 0 Å². The van der Waals surface area contributed by atoms with Crippen molar-refractivity contribution in [2.24, 2.45) is 29.6 Å². The minimum Gasteiger partial charge on any atom is -0.390 e. The van der Waals surface area contributed by atoms with Gasteiger partial charge in [-0.05, 0) is 63.2 Å². The first-order chi connectivity index (χ1) is 21.1. The molecule has 7 unspecified atom stereocenters. The van der Waals surface area contributed by atoms with Crippen molar-refractivity contribution in [1.82, 2.24) is 25.6 Å². The highest BCUT2D eigenvalue weighted by Crippen LogP contribution is 2.37. The van der Waals surface area contributed by atoms with E-state index in [9.17, 15) is 33.1 Å². The topological polar surface area (TPSA) is 122 Å². The molecule has 2 saturated carbocycles. The molecule has 2 rings (SSSR count). The molecule has 0 aliphatic heterocycles. The molecule has 2 aliphatic carbocycles. The molecule has 260 valence electrons. The van der Waals surface area contributed by atoms with Crippen molar-refractivity contribution in [3.8, 4) is 0 Å². The number of carbonyl (C=O) groups excluding carboxylic acids is 4. The Labute approximate surface area is 269 Å². The van der Waals surface area contributed by atoms with E-state index in [0.717, 1.165) is 12.8 Å². The van der Waals surface area contributed by atoms with Gasteiger partial charge in [0.15, 0.2) is 0 Å². The normalized spacial score (nSPS) is 26.7. The smallest absolute Gasteiger partial charge is 0.234 e. The molecule has 0 saturated heterocycles. The molecule has 0 aromatic rings. The molecule has 2 aliphatic rings. The third-order valence-corrected chi connectivity index (χ3v) is 8.96. The standard InChI is InChI=1S/C33H59F2N5O5/c1-8-10-40(11-9-2)33(45)25-17-23(16-24(18-25)32(44)38(5)6)31(43)36-28(15-22-13-26(34)19-27(35)14-22)29(41)20-39(7)37-30(42)12-21(3)4/h21-29,41H,8-20H2,1-7H3,(H,36,43)(H,37,42). The van der Waals surface area contributed by atoms with Crippen LogP contribution in [-0.4, -0.2) is 109 Å². The number of amides is 4. The van der Waals surface area contributed by atoms with E-state index in [0.29, 0.717) is 25.9 Å². The Morgan fingerprint density at radius 2 is 1.36 bits per heavy atom. The molecule has 12 heteroatoms. The number of likely N-dealkylation sites (N-methyl/N-ethyl adjacent to an activating group) is 1. The molecule has 0 aromatic heterocycles. The molecule has 0 heterocycles. The fourth-order valence-corrected chi connectivity index (χ4v) is 6.97. The maximum absolute atomic E-state index is 14.3. The van der Waals surface area contributed by atoms with Crippen LogP contribution in [0.4, 0.5) is 8.78 Å². The maximum atomic E-state index is 14.3. The lowest BCUT2D eigenvalue weighted by Gasteiger charge is -2.38. The zero-order valence-electron chi connectivity index (χ0n) is 28.6. The number of aliphatic hydroxyl groups is 1. The number of alkyl halides is 2. The van der Waals surface area contributed by atoms with Gasteiger partial charge in [0.1, 0.15) is 12.3 Å².